The number of aliphatic hydroxyl groups excluding tert-OH is 1. The molecule has 6 nitrogen and oxygen atoms in total. The van der Waals surface area contributed by atoms with E-state index in [1.807, 2.05) is 27.7 Å². The number of carboxylic acids is 1. The molecule has 4 N–H and O–H groups in total. The molecule has 0 saturated heterocycles. The van der Waals surface area contributed by atoms with Crippen LogP contribution in [0.4, 0.5) is 4.79 Å². The van der Waals surface area contributed by atoms with Gasteiger partial charge in [0.25, 0.3) is 0 Å². The van der Waals surface area contributed by atoms with Gasteiger partial charge in [-0.3, -0.25) is 4.79 Å². The third-order valence-corrected chi connectivity index (χ3v) is 4.55. The number of hydrogen-bond donors (Lipinski definition) is 4. The third-order valence-electron chi connectivity index (χ3n) is 4.55. The normalized spacial score (nSPS) is 23.9. The third kappa shape index (κ3) is 5.48. The average Bonchev–Trinajstić information content (AvgIpc) is 2.45. The van der Waals surface area contributed by atoms with Gasteiger partial charge in [-0.15, -0.1) is 0 Å². The average molecular weight is 314 g/mol. The minimum atomic E-state index is -0.743. The van der Waals surface area contributed by atoms with Gasteiger partial charge in [0.1, 0.15) is 0 Å². The molecular weight excluding hydrogens is 284 g/mol. The van der Waals surface area contributed by atoms with Crippen LogP contribution in [0, 0.1) is 17.3 Å². The van der Waals surface area contributed by atoms with Crippen LogP contribution in [0.5, 0.6) is 0 Å². The van der Waals surface area contributed by atoms with Crippen LogP contribution in [0.25, 0.3) is 0 Å². The minimum Gasteiger partial charge on any atom is -0.481 e. The van der Waals surface area contributed by atoms with Crippen LogP contribution in [0.1, 0.15) is 53.4 Å². The Balaban J connectivity index is 2.34. The van der Waals surface area contributed by atoms with Crippen molar-refractivity contribution in [2.75, 3.05) is 6.54 Å². The number of aliphatic carboxylic acids is 1. The topological polar surface area (TPSA) is 98.7 Å². The van der Waals surface area contributed by atoms with Crippen LogP contribution in [-0.4, -0.2) is 40.9 Å². The number of amides is 2. The Hall–Kier alpha value is -1.30. The number of nitrogens with one attached hydrogen (secondary N) is 2. The van der Waals surface area contributed by atoms with Crippen LogP contribution in [-0.2, 0) is 4.79 Å². The van der Waals surface area contributed by atoms with Gasteiger partial charge in [0, 0.05) is 18.0 Å². The molecule has 1 rings (SSSR count). The molecule has 6 heteroatoms. The highest BCUT2D eigenvalue weighted by Gasteiger charge is 2.31. The summed E-state index contributed by atoms with van der Waals surface area (Å²) in [4.78, 5) is 22.8. The van der Waals surface area contributed by atoms with Gasteiger partial charge in [-0.25, -0.2) is 4.79 Å². The van der Waals surface area contributed by atoms with Gasteiger partial charge in [0.05, 0.1) is 12.0 Å². The Labute approximate surface area is 132 Å². The molecule has 0 bridgehead atoms. The summed E-state index contributed by atoms with van der Waals surface area (Å²) in [5, 5.41) is 24.8. The van der Waals surface area contributed by atoms with E-state index in [1.54, 1.807) is 0 Å². The van der Waals surface area contributed by atoms with Crippen molar-refractivity contribution in [3.05, 3.63) is 0 Å². The zero-order valence-corrected chi connectivity index (χ0v) is 14.1. The number of rotatable bonds is 6. The zero-order valence-electron chi connectivity index (χ0n) is 14.1. The molecule has 22 heavy (non-hydrogen) atoms. The molecule has 0 aromatic heterocycles. The van der Waals surface area contributed by atoms with E-state index in [0.29, 0.717) is 32.2 Å². The summed E-state index contributed by atoms with van der Waals surface area (Å²) < 4.78 is 0. The number of carbonyl (C=O) groups is 2. The molecule has 0 radical (unpaired) electrons. The van der Waals surface area contributed by atoms with Crippen molar-refractivity contribution < 1.29 is 19.8 Å². The summed E-state index contributed by atoms with van der Waals surface area (Å²) >= 11 is 0. The number of hydrogen-bond acceptors (Lipinski definition) is 3. The van der Waals surface area contributed by atoms with Gasteiger partial charge in [0.15, 0.2) is 0 Å². The molecule has 2 amide bonds. The lowest BCUT2D eigenvalue weighted by atomic mass is 9.81. The van der Waals surface area contributed by atoms with Crippen LogP contribution >= 0.6 is 0 Å². The van der Waals surface area contributed by atoms with Gasteiger partial charge in [-0.2, -0.15) is 0 Å². The quantitative estimate of drug-likeness (QED) is 0.602. The Morgan fingerprint density at radius 1 is 1.18 bits per heavy atom. The number of urea groups is 1. The van der Waals surface area contributed by atoms with E-state index in [9.17, 15) is 14.7 Å². The van der Waals surface area contributed by atoms with E-state index in [1.165, 1.54) is 0 Å². The van der Waals surface area contributed by atoms with Crippen LogP contribution in [0.2, 0.25) is 0 Å². The van der Waals surface area contributed by atoms with Crippen molar-refractivity contribution in [3.63, 3.8) is 0 Å². The van der Waals surface area contributed by atoms with Crippen molar-refractivity contribution in [1.82, 2.24) is 10.6 Å². The summed E-state index contributed by atoms with van der Waals surface area (Å²) in [5.41, 5.74) is -0.396. The molecule has 1 aliphatic rings. The van der Waals surface area contributed by atoms with E-state index in [-0.39, 0.29) is 23.9 Å². The van der Waals surface area contributed by atoms with Crippen LogP contribution in [0.15, 0.2) is 0 Å². The van der Waals surface area contributed by atoms with Crippen molar-refractivity contribution in [3.8, 4) is 0 Å². The Morgan fingerprint density at radius 2 is 1.73 bits per heavy atom. The molecule has 1 fully saturated rings. The number of aliphatic hydroxyl groups is 1. The summed E-state index contributed by atoms with van der Waals surface area (Å²) in [7, 11) is 0. The predicted molar refractivity (Wildman–Crippen MR) is 84.5 cm³/mol. The van der Waals surface area contributed by atoms with E-state index in [2.05, 4.69) is 10.6 Å². The Bertz CT molecular complexity index is 388. The van der Waals surface area contributed by atoms with Crippen molar-refractivity contribution in [1.29, 1.82) is 0 Å². The lowest BCUT2D eigenvalue weighted by Crippen LogP contribution is -2.49. The summed E-state index contributed by atoms with van der Waals surface area (Å²) in [6, 6.07) is -0.212. The standard InChI is InChI=1S/C16H30N2O4/c1-10(2)13(19)16(3,4)9-17-15(22)18-12-7-5-11(6-8-12)14(20)21/h10-13,19H,5-9H2,1-4H3,(H,20,21)(H2,17,18,22). The highest BCUT2D eigenvalue weighted by molar-refractivity contribution is 5.74. The van der Waals surface area contributed by atoms with E-state index >= 15 is 0 Å². The molecular formula is C16H30N2O4. The molecule has 1 aliphatic carbocycles. The second kappa shape index (κ2) is 7.81. The first-order valence-electron chi connectivity index (χ1n) is 8.08. The lowest BCUT2D eigenvalue weighted by molar-refractivity contribution is -0.142. The van der Waals surface area contributed by atoms with Crippen LogP contribution in [0.3, 0.4) is 0 Å². The number of carboxylic acid groups (broad SMARTS) is 1. The minimum absolute atomic E-state index is 0.0359. The Kier molecular flexibility index (Phi) is 6.66. The van der Waals surface area contributed by atoms with Gasteiger partial charge in [-0.1, -0.05) is 27.7 Å². The molecule has 1 saturated carbocycles. The summed E-state index contributed by atoms with van der Waals surface area (Å²) in [5.74, 6) is -0.889. The van der Waals surface area contributed by atoms with Gasteiger partial charge in [-0.05, 0) is 31.6 Å². The molecule has 0 aromatic rings. The second-order valence-electron chi connectivity index (χ2n) is 7.39. The predicted octanol–water partition coefficient (Wildman–Crippen LogP) is 1.97. The maximum atomic E-state index is 11.9. The zero-order chi connectivity index (χ0) is 16.9. The monoisotopic (exact) mass is 314 g/mol. The number of carbonyl (C=O) groups excluding carboxylic acids is 1. The fourth-order valence-corrected chi connectivity index (χ4v) is 3.04. The molecule has 0 heterocycles. The van der Waals surface area contributed by atoms with Crippen molar-refractivity contribution in [2.45, 2.75) is 65.5 Å². The SMILES string of the molecule is CC(C)C(O)C(C)(C)CNC(=O)NC1CCC(C(=O)O)CC1. The molecule has 1 unspecified atom stereocenters. The van der Waals surface area contributed by atoms with E-state index in [4.69, 9.17) is 5.11 Å². The first-order valence-corrected chi connectivity index (χ1v) is 8.08. The van der Waals surface area contributed by atoms with E-state index < -0.39 is 17.5 Å². The van der Waals surface area contributed by atoms with E-state index in [0.717, 1.165) is 0 Å². The molecule has 128 valence electrons. The second-order valence-corrected chi connectivity index (χ2v) is 7.39. The maximum absolute atomic E-state index is 11.9. The molecule has 1 atom stereocenters. The molecule has 0 aliphatic heterocycles. The lowest BCUT2D eigenvalue weighted by Gasteiger charge is -2.34. The largest absolute Gasteiger partial charge is 0.481 e. The molecule has 0 spiro atoms. The van der Waals surface area contributed by atoms with Gasteiger partial charge < -0.3 is 20.8 Å². The fraction of sp³-hybridized carbons (Fsp3) is 0.875. The van der Waals surface area contributed by atoms with Crippen molar-refractivity contribution >= 4 is 12.0 Å². The highest BCUT2D eigenvalue weighted by Crippen LogP contribution is 2.26. The Morgan fingerprint density at radius 3 is 2.18 bits per heavy atom. The first kappa shape index (κ1) is 18.7. The summed E-state index contributed by atoms with van der Waals surface area (Å²) in [6.07, 6.45) is 2.12. The van der Waals surface area contributed by atoms with Crippen LogP contribution < -0.4 is 10.6 Å². The summed E-state index contributed by atoms with van der Waals surface area (Å²) in [6.45, 7) is 8.15. The maximum Gasteiger partial charge on any atom is 0.315 e. The first-order chi connectivity index (χ1) is 10.1. The highest BCUT2D eigenvalue weighted by atomic mass is 16.4. The van der Waals surface area contributed by atoms with Gasteiger partial charge in [0.2, 0.25) is 0 Å². The molecule has 0 aromatic carbocycles. The fourth-order valence-electron chi connectivity index (χ4n) is 3.04. The smallest absolute Gasteiger partial charge is 0.315 e. The van der Waals surface area contributed by atoms with Gasteiger partial charge >= 0.3 is 12.0 Å². The van der Waals surface area contributed by atoms with Crippen molar-refractivity contribution in [2.24, 2.45) is 17.3 Å².